The highest BCUT2D eigenvalue weighted by Gasteiger charge is 2.30. The lowest BCUT2D eigenvalue weighted by Gasteiger charge is -2.30. The molecule has 0 aromatic heterocycles. The highest BCUT2D eigenvalue weighted by atomic mass is 16.2. The molecule has 0 fully saturated rings. The molecule has 0 bridgehead atoms. The van der Waals surface area contributed by atoms with Crippen LogP contribution in [0, 0.1) is 6.92 Å². The Bertz CT molecular complexity index is 807. The smallest absolute Gasteiger partial charge is 0.319 e. The van der Waals surface area contributed by atoms with Crippen molar-refractivity contribution >= 4 is 11.7 Å². The third-order valence-electron chi connectivity index (χ3n) is 4.74. The van der Waals surface area contributed by atoms with Gasteiger partial charge in [0.2, 0.25) is 0 Å². The molecule has 2 N–H and O–H groups in total. The molecule has 0 saturated heterocycles. The van der Waals surface area contributed by atoms with Crippen LogP contribution in [-0.4, -0.2) is 6.03 Å². The van der Waals surface area contributed by atoms with Crippen LogP contribution < -0.4 is 10.6 Å². The highest BCUT2D eigenvalue weighted by molar-refractivity contribution is 5.91. The largest absolute Gasteiger partial charge is 0.327 e. The molecule has 23 heavy (non-hydrogen) atoms. The van der Waals surface area contributed by atoms with Crippen LogP contribution in [0.1, 0.15) is 41.1 Å². The Kier molecular flexibility index (Phi) is 3.41. The van der Waals surface area contributed by atoms with Gasteiger partial charge in [0.25, 0.3) is 0 Å². The zero-order chi connectivity index (χ0) is 15.8. The molecule has 3 heteroatoms. The lowest BCUT2D eigenvalue weighted by Crippen LogP contribution is -2.43. The second kappa shape index (κ2) is 5.58. The van der Waals surface area contributed by atoms with Crippen molar-refractivity contribution in [1.82, 2.24) is 10.6 Å². The van der Waals surface area contributed by atoms with E-state index in [0.717, 1.165) is 30.5 Å². The van der Waals surface area contributed by atoms with Crippen LogP contribution in [-0.2, 0) is 6.42 Å². The predicted octanol–water partition coefficient (Wildman–Crippen LogP) is 4.10. The zero-order valence-electron chi connectivity index (χ0n) is 13.2. The van der Waals surface area contributed by atoms with Crippen LogP contribution in [0.15, 0.2) is 54.1 Å². The average Bonchev–Trinajstić information content (AvgIpc) is 2.74. The van der Waals surface area contributed by atoms with E-state index in [2.05, 4.69) is 60.0 Å². The Labute approximate surface area is 136 Å². The molecule has 1 aliphatic carbocycles. The van der Waals surface area contributed by atoms with Gasteiger partial charge in [-0.25, -0.2) is 4.79 Å². The van der Waals surface area contributed by atoms with Gasteiger partial charge in [-0.05, 0) is 42.9 Å². The molecule has 4 rings (SSSR count). The van der Waals surface area contributed by atoms with Crippen molar-refractivity contribution in [3.8, 4) is 0 Å². The average molecular weight is 304 g/mol. The Hall–Kier alpha value is -2.55. The second-order valence-electron chi connectivity index (χ2n) is 6.36. The van der Waals surface area contributed by atoms with E-state index in [4.69, 9.17) is 0 Å². The predicted molar refractivity (Wildman–Crippen MR) is 91.9 cm³/mol. The van der Waals surface area contributed by atoms with Crippen LogP contribution in [0.2, 0.25) is 0 Å². The van der Waals surface area contributed by atoms with Gasteiger partial charge in [-0.3, -0.25) is 0 Å². The highest BCUT2D eigenvalue weighted by Crippen LogP contribution is 2.37. The van der Waals surface area contributed by atoms with Crippen LogP contribution >= 0.6 is 0 Å². The Balaban J connectivity index is 1.87. The molecular weight excluding hydrogens is 284 g/mol. The summed E-state index contributed by atoms with van der Waals surface area (Å²) >= 11 is 0. The van der Waals surface area contributed by atoms with Crippen molar-refractivity contribution in [2.75, 3.05) is 0 Å². The second-order valence-corrected chi connectivity index (χ2v) is 6.36. The van der Waals surface area contributed by atoms with Gasteiger partial charge in [0, 0.05) is 5.56 Å². The van der Waals surface area contributed by atoms with Gasteiger partial charge in [0.15, 0.2) is 0 Å². The van der Waals surface area contributed by atoms with Gasteiger partial charge in [-0.1, -0.05) is 54.1 Å². The normalized spacial score (nSPS) is 20.0. The van der Waals surface area contributed by atoms with Gasteiger partial charge >= 0.3 is 6.03 Å². The summed E-state index contributed by atoms with van der Waals surface area (Å²) in [7, 11) is 0. The maximum atomic E-state index is 12.3. The number of benzene rings is 2. The summed E-state index contributed by atoms with van der Waals surface area (Å²) in [6.45, 7) is 2.09. The first-order valence-corrected chi connectivity index (χ1v) is 8.18. The van der Waals surface area contributed by atoms with E-state index in [0.29, 0.717) is 0 Å². The number of carbonyl (C=O) groups excluding carboxylic acids is 1. The molecule has 2 aliphatic rings. The first-order valence-electron chi connectivity index (χ1n) is 8.18. The number of aryl methyl sites for hydroxylation is 2. The standard InChI is InChI=1S/C20H20N2O/c1-13-6-4-9-15(12-13)18-17-11-5-8-14-7-2-3-10-16(14)19(17)22-20(23)21-18/h2-4,6-7,9-10,12,18H,5,8,11H2,1H3,(H2,21,22,23). The minimum atomic E-state index is -0.119. The molecule has 0 spiro atoms. The van der Waals surface area contributed by atoms with Crippen LogP contribution in [0.5, 0.6) is 0 Å². The molecule has 2 amide bonds. The number of amides is 2. The number of fused-ring (bicyclic) bond motifs is 2. The van der Waals surface area contributed by atoms with E-state index in [1.807, 2.05) is 6.07 Å². The number of hydrogen-bond donors (Lipinski definition) is 2. The maximum Gasteiger partial charge on any atom is 0.319 e. The number of nitrogens with one attached hydrogen (secondary N) is 2. The Morgan fingerprint density at radius 2 is 1.91 bits per heavy atom. The third-order valence-corrected chi connectivity index (χ3v) is 4.74. The van der Waals surface area contributed by atoms with Crippen molar-refractivity contribution in [2.24, 2.45) is 0 Å². The molecule has 1 atom stereocenters. The summed E-state index contributed by atoms with van der Waals surface area (Å²) in [4.78, 5) is 12.3. The minimum absolute atomic E-state index is 0.0372. The summed E-state index contributed by atoms with van der Waals surface area (Å²) in [5.74, 6) is 0. The summed E-state index contributed by atoms with van der Waals surface area (Å²) < 4.78 is 0. The van der Waals surface area contributed by atoms with Crippen molar-refractivity contribution in [3.63, 3.8) is 0 Å². The van der Waals surface area contributed by atoms with Crippen LogP contribution in [0.25, 0.3) is 5.70 Å². The van der Waals surface area contributed by atoms with Gasteiger partial charge in [-0.2, -0.15) is 0 Å². The monoisotopic (exact) mass is 304 g/mol. The Morgan fingerprint density at radius 1 is 1.04 bits per heavy atom. The molecular formula is C20H20N2O. The molecule has 1 aliphatic heterocycles. The zero-order valence-corrected chi connectivity index (χ0v) is 13.2. The maximum absolute atomic E-state index is 12.3. The van der Waals surface area contributed by atoms with E-state index < -0.39 is 0 Å². The number of urea groups is 1. The van der Waals surface area contributed by atoms with Crippen molar-refractivity contribution in [2.45, 2.75) is 32.2 Å². The van der Waals surface area contributed by atoms with Crippen molar-refractivity contribution in [3.05, 3.63) is 76.4 Å². The quantitative estimate of drug-likeness (QED) is 0.818. The fourth-order valence-corrected chi connectivity index (χ4v) is 3.69. The van der Waals surface area contributed by atoms with Crippen LogP contribution in [0.3, 0.4) is 0 Å². The van der Waals surface area contributed by atoms with E-state index in [9.17, 15) is 4.79 Å². The number of hydrogen-bond acceptors (Lipinski definition) is 1. The lowest BCUT2D eigenvalue weighted by molar-refractivity contribution is 0.240. The van der Waals surface area contributed by atoms with Gasteiger partial charge in [-0.15, -0.1) is 0 Å². The van der Waals surface area contributed by atoms with Gasteiger partial charge in [0.05, 0.1) is 11.7 Å². The fourth-order valence-electron chi connectivity index (χ4n) is 3.69. The summed E-state index contributed by atoms with van der Waals surface area (Å²) in [5, 5.41) is 6.17. The van der Waals surface area contributed by atoms with Gasteiger partial charge in [0.1, 0.15) is 0 Å². The minimum Gasteiger partial charge on any atom is -0.327 e. The SMILES string of the molecule is Cc1cccc(C2NC(=O)NC3=C2CCCc2ccccc23)c1. The number of rotatable bonds is 1. The van der Waals surface area contributed by atoms with E-state index >= 15 is 0 Å². The van der Waals surface area contributed by atoms with Crippen molar-refractivity contribution < 1.29 is 4.79 Å². The van der Waals surface area contributed by atoms with Crippen molar-refractivity contribution in [1.29, 1.82) is 0 Å². The van der Waals surface area contributed by atoms with Crippen LogP contribution in [0.4, 0.5) is 4.79 Å². The summed E-state index contributed by atoms with van der Waals surface area (Å²) in [6.07, 6.45) is 3.16. The third kappa shape index (κ3) is 2.52. The first-order chi connectivity index (χ1) is 11.2. The van der Waals surface area contributed by atoms with Gasteiger partial charge < -0.3 is 10.6 Å². The molecule has 3 nitrogen and oxygen atoms in total. The molecule has 0 saturated carbocycles. The molecule has 2 aromatic carbocycles. The number of carbonyl (C=O) groups is 1. The lowest BCUT2D eigenvalue weighted by atomic mass is 9.90. The van der Waals surface area contributed by atoms with E-state index in [1.165, 1.54) is 22.3 Å². The topological polar surface area (TPSA) is 41.1 Å². The summed E-state index contributed by atoms with van der Waals surface area (Å²) in [6, 6.07) is 16.7. The summed E-state index contributed by atoms with van der Waals surface area (Å²) in [5.41, 5.74) is 7.17. The fraction of sp³-hybridized carbons (Fsp3) is 0.250. The first kappa shape index (κ1) is 14.1. The van der Waals surface area contributed by atoms with E-state index in [1.54, 1.807) is 0 Å². The Morgan fingerprint density at radius 3 is 2.78 bits per heavy atom. The molecule has 1 heterocycles. The molecule has 2 aromatic rings. The molecule has 0 radical (unpaired) electrons. The molecule has 1 unspecified atom stereocenters. The van der Waals surface area contributed by atoms with E-state index in [-0.39, 0.29) is 12.1 Å². The molecule has 116 valence electrons.